The van der Waals surface area contributed by atoms with Gasteiger partial charge in [0.25, 0.3) is 0 Å². The van der Waals surface area contributed by atoms with Crippen molar-refractivity contribution < 1.29 is 23.8 Å². The zero-order valence-electron chi connectivity index (χ0n) is 13.9. The fourth-order valence-electron chi connectivity index (χ4n) is 3.35. The van der Waals surface area contributed by atoms with Gasteiger partial charge in [0.2, 0.25) is 0 Å². The number of cyclic esters (lactones) is 1. The van der Waals surface area contributed by atoms with Gasteiger partial charge < -0.3 is 14.7 Å². The van der Waals surface area contributed by atoms with Crippen LogP contribution in [0.2, 0.25) is 0 Å². The lowest BCUT2D eigenvalue weighted by Gasteiger charge is -2.30. The van der Waals surface area contributed by atoms with Crippen molar-refractivity contribution in [3.8, 4) is 0 Å². The minimum absolute atomic E-state index is 0.0292. The Kier molecular flexibility index (Phi) is 5.13. The molecule has 2 aliphatic rings. The molecule has 1 aromatic carbocycles. The van der Waals surface area contributed by atoms with Crippen LogP contribution < -0.4 is 4.90 Å². The number of nitrogens with zero attached hydrogens (tertiary/aromatic N) is 5. The highest BCUT2D eigenvalue weighted by Gasteiger charge is 2.33. The molecule has 26 heavy (non-hydrogen) atoms. The van der Waals surface area contributed by atoms with Crippen LogP contribution in [-0.4, -0.2) is 54.5 Å². The highest BCUT2D eigenvalue weighted by Crippen LogP contribution is 2.32. The molecule has 1 N–H and O–H groups in total. The molecular weight excluding hydrogens is 345 g/mol. The Morgan fingerprint density at radius 1 is 1.42 bits per heavy atom. The lowest BCUT2D eigenvalue weighted by atomic mass is 9.89. The number of amides is 2. The first-order valence-corrected chi connectivity index (χ1v) is 8.26. The van der Waals surface area contributed by atoms with Gasteiger partial charge in [0, 0.05) is 18.0 Å². The molecule has 138 valence electrons. The summed E-state index contributed by atoms with van der Waals surface area (Å²) < 4.78 is 19.7. The van der Waals surface area contributed by atoms with Crippen LogP contribution in [0.5, 0.6) is 0 Å². The number of carboxylic acid groups (broad SMARTS) is 1. The van der Waals surface area contributed by atoms with E-state index in [2.05, 4.69) is 10.0 Å². The van der Waals surface area contributed by atoms with Gasteiger partial charge in [-0.15, -0.1) is 0 Å². The van der Waals surface area contributed by atoms with Crippen molar-refractivity contribution in [2.75, 3.05) is 31.1 Å². The van der Waals surface area contributed by atoms with Gasteiger partial charge in [-0.1, -0.05) is 11.2 Å². The normalized spacial score (nSPS) is 20.7. The number of anilines is 1. The summed E-state index contributed by atoms with van der Waals surface area (Å²) in [5, 5.41) is 12.4. The molecule has 2 heterocycles. The number of azide groups is 1. The summed E-state index contributed by atoms with van der Waals surface area (Å²) in [6, 6.07) is 4.58. The van der Waals surface area contributed by atoms with Crippen LogP contribution in [-0.2, 0) is 4.74 Å². The molecule has 2 aliphatic heterocycles. The number of carbonyl (C=O) groups is 2. The Balaban J connectivity index is 1.69. The molecule has 1 aromatic rings. The quantitative estimate of drug-likeness (QED) is 0.501. The van der Waals surface area contributed by atoms with Crippen LogP contribution >= 0.6 is 0 Å². The maximum Gasteiger partial charge on any atom is 0.414 e. The van der Waals surface area contributed by atoms with Crippen LogP contribution in [0, 0.1) is 5.82 Å². The minimum Gasteiger partial charge on any atom is -0.465 e. The molecule has 9 nitrogen and oxygen atoms in total. The molecule has 0 aliphatic carbocycles. The van der Waals surface area contributed by atoms with E-state index in [4.69, 9.17) is 15.4 Å². The first-order chi connectivity index (χ1) is 12.5. The van der Waals surface area contributed by atoms with E-state index in [1.807, 2.05) is 0 Å². The number of hydrogen-bond acceptors (Lipinski definition) is 4. The molecule has 1 atom stereocenters. The van der Waals surface area contributed by atoms with E-state index in [9.17, 15) is 14.0 Å². The molecule has 2 saturated heterocycles. The van der Waals surface area contributed by atoms with Crippen LogP contribution in [0.3, 0.4) is 0 Å². The van der Waals surface area contributed by atoms with Crippen LogP contribution in [0.1, 0.15) is 24.3 Å². The third-order valence-electron chi connectivity index (χ3n) is 4.72. The van der Waals surface area contributed by atoms with Gasteiger partial charge in [-0.05, 0) is 42.0 Å². The summed E-state index contributed by atoms with van der Waals surface area (Å²) >= 11 is 0. The van der Waals surface area contributed by atoms with Gasteiger partial charge in [-0.3, -0.25) is 4.90 Å². The number of halogens is 1. The largest absolute Gasteiger partial charge is 0.465 e. The highest BCUT2D eigenvalue weighted by atomic mass is 19.1. The molecule has 0 spiro atoms. The van der Waals surface area contributed by atoms with Gasteiger partial charge in [-0.25, -0.2) is 14.0 Å². The summed E-state index contributed by atoms with van der Waals surface area (Å²) in [6.07, 6.45) is -1.00. The maximum atomic E-state index is 14.6. The van der Waals surface area contributed by atoms with E-state index in [0.29, 0.717) is 37.2 Å². The molecular formula is C16H18FN5O4. The van der Waals surface area contributed by atoms with Gasteiger partial charge in [0.05, 0.1) is 18.8 Å². The first-order valence-electron chi connectivity index (χ1n) is 8.26. The van der Waals surface area contributed by atoms with Crippen molar-refractivity contribution in [2.45, 2.75) is 24.9 Å². The number of piperidine rings is 1. The molecule has 0 aromatic heterocycles. The molecule has 0 unspecified atom stereocenters. The number of carbonyl (C=O) groups excluding carboxylic acids is 1. The van der Waals surface area contributed by atoms with Crippen LogP contribution in [0.4, 0.5) is 19.7 Å². The molecule has 2 fully saturated rings. The molecule has 0 radical (unpaired) electrons. The zero-order chi connectivity index (χ0) is 18.7. The monoisotopic (exact) mass is 363 g/mol. The second kappa shape index (κ2) is 7.49. The summed E-state index contributed by atoms with van der Waals surface area (Å²) in [5.41, 5.74) is 9.23. The summed E-state index contributed by atoms with van der Waals surface area (Å²) in [5.74, 6) is -0.481. The van der Waals surface area contributed by atoms with Crippen LogP contribution in [0.25, 0.3) is 10.4 Å². The smallest absolute Gasteiger partial charge is 0.414 e. The Morgan fingerprint density at radius 3 is 2.77 bits per heavy atom. The zero-order valence-corrected chi connectivity index (χ0v) is 13.9. The Hall–Kier alpha value is -3.00. The topological polar surface area (TPSA) is 119 Å². The van der Waals surface area contributed by atoms with Gasteiger partial charge in [-0.2, -0.15) is 0 Å². The predicted molar refractivity (Wildman–Crippen MR) is 89.6 cm³/mol. The lowest BCUT2D eigenvalue weighted by molar-refractivity contribution is 0.131. The number of benzene rings is 1. The fraction of sp³-hybridized carbons (Fsp3) is 0.500. The van der Waals surface area contributed by atoms with Gasteiger partial charge in [0.15, 0.2) is 0 Å². The van der Waals surface area contributed by atoms with Gasteiger partial charge >= 0.3 is 12.2 Å². The van der Waals surface area contributed by atoms with Crippen molar-refractivity contribution in [1.29, 1.82) is 0 Å². The van der Waals surface area contributed by atoms with E-state index in [0.717, 1.165) is 0 Å². The summed E-state index contributed by atoms with van der Waals surface area (Å²) in [7, 11) is 0. The maximum absolute atomic E-state index is 14.6. The van der Waals surface area contributed by atoms with E-state index in [1.165, 1.54) is 15.9 Å². The van der Waals surface area contributed by atoms with Gasteiger partial charge in [0.1, 0.15) is 11.9 Å². The number of likely N-dealkylation sites (tertiary alicyclic amines) is 1. The lowest BCUT2D eigenvalue weighted by Crippen LogP contribution is -2.37. The van der Waals surface area contributed by atoms with E-state index in [1.54, 1.807) is 12.1 Å². The number of hydrogen-bond donors (Lipinski definition) is 1. The number of rotatable bonds is 4. The Bertz CT molecular complexity index is 759. The van der Waals surface area contributed by atoms with Crippen molar-refractivity contribution in [2.24, 2.45) is 5.11 Å². The van der Waals surface area contributed by atoms with Crippen molar-refractivity contribution in [3.63, 3.8) is 0 Å². The SMILES string of the molecule is [N-]=[N+]=NC[C@H]1CN(c2ccc(C3CCN(C(=O)O)CC3)c(F)c2)C(=O)O1. The second-order valence-electron chi connectivity index (χ2n) is 6.28. The average Bonchev–Trinajstić information content (AvgIpc) is 3.00. The molecule has 0 saturated carbocycles. The van der Waals surface area contributed by atoms with Crippen molar-refractivity contribution >= 4 is 17.9 Å². The van der Waals surface area contributed by atoms with Crippen LogP contribution in [0.15, 0.2) is 23.3 Å². The standard InChI is InChI=1S/C16H18FN5O4/c17-14-7-11(22-9-12(8-19-20-18)26-16(22)25)1-2-13(14)10-3-5-21(6-4-10)15(23)24/h1-2,7,10,12H,3-6,8-9H2,(H,23,24)/t12-/m0/s1. The molecule has 10 heteroatoms. The summed E-state index contributed by atoms with van der Waals surface area (Å²) in [4.78, 5) is 28.1. The number of ether oxygens (including phenoxy) is 1. The van der Waals surface area contributed by atoms with Crippen molar-refractivity contribution in [1.82, 2.24) is 4.90 Å². The summed E-state index contributed by atoms with van der Waals surface area (Å²) in [6.45, 7) is 0.969. The molecule has 3 rings (SSSR count). The Morgan fingerprint density at radius 2 is 2.15 bits per heavy atom. The van der Waals surface area contributed by atoms with E-state index >= 15 is 0 Å². The molecule has 2 amide bonds. The van der Waals surface area contributed by atoms with E-state index in [-0.39, 0.29) is 19.0 Å². The third kappa shape index (κ3) is 3.65. The Labute approximate surface area is 148 Å². The van der Waals surface area contributed by atoms with E-state index < -0.39 is 24.1 Å². The third-order valence-corrected chi connectivity index (χ3v) is 4.72. The predicted octanol–water partition coefficient (Wildman–Crippen LogP) is 3.32. The fourth-order valence-corrected chi connectivity index (χ4v) is 3.35. The van der Waals surface area contributed by atoms with Crippen molar-refractivity contribution in [3.05, 3.63) is 40.0 Å². The first kappa shape index (κ1) is 17.8. The molecule has 0 bridgehead atoms. The minimum atomic E-state index is -0.956. The highest BCUT2D eigenvalue weighted by molar-refractivity contribution is 5.89. The average molecular weight is 363 g/mol. The second-order valence-corrected chi connectivity index (χ2v) is 6.28.